The van der Waals surface area contributed by atoms with Gasteiger partial charge in [0.05, 0.1) is 19.8 Å². The molecule has 0 bridgehead atoms. The molecule has 1 amide bonds. The summed E-state index contributed by atoms with van der Waals surface area (Å²) >= 11 is 0. The van der Waals surface area contributed by atoms with Crippen LogP contribution < -0.4 is 10.8 Å². The first kappa shape index (κ1) is 21.8. The number of hydrogen-bond donors (Lipinski definition) is 2. The van der Waals surface area contributed by atoms with E-state index in [1.54, 1.807) is 19.1 Å². The number of nitrogens with zero attached hydrogens (tertiary/aromatic N) is 1. The van der Waals surface area contributed by atoms with Gasteiger partial charge in [0.15, 0.2) is 0 Å². The molecule has 2 N–H and O–H groups in total. The highest BCUT2D eigenvalue weighted by Gasteiger charge is 2.32. The van der Waals surface area contributed by atoms with E-state index in [4.69, 9.17) is 14.1 Å². The molecule has 1 aromatic rings. The lowest BCUT2D eigenvalue weighted by Crippen LogP contribution is -2.46. The highest BCUT2D eigenvalue weighted by atomic mass is 16.5. The molecule has 0 radical (unpaired) electrons. The van der Waals surface area contributed by atoms with E-state index in [0.29, 0.717) is 43.0 Å². The molecule has 8 nitrogen and oxygen atoms in total. The second kappa shape index (κ2) is 9.71. The number of morpholine rings is 1. The van der Waals surface area contributed by atoms with Gasteiger partial charge in [-0.15, -0.1) is 0 Å². The van der Waals surface area contributed by atoms with Gasteiger partial charge in [-0.2, -0.15) is 0 Å². The van der Waals surface area contributed by atoms with E-state index in [1.807, 2.05) is 13.8 Å². The number of amides is 1. The van der Waals surface area contributed by atoms with Crippen LogP contribution in [0.4, 0.5) is 0 Å². The number of benzene rings is 1. The highest BCUT2D eigenvalue weighted by Crippen LogP contribution is 2.17. The molecule has 2 aliphatic heterocycles. The summed E-state index contributed by atoms with van der Waals surface area (Å²) in [5.41, 5.74) is 2.58. The van der Waals surface area contributed by atoms with Gasteiger partial charge in [-0.1, -0.05) is 19.9 Å². The molecule has 158 valence electrons. The van der Waals surface area contributed by atoms with Gasteiger partial charge in [0.2, 0.25) is 0 Å². The molecule has 0 spiro atoms. The second-order valence-electron chi connectivity index (χ2n) is 7.79. The van der Waals surface area contributed by atoms with Crippen molar-refractivity contribution in [1.82, 2.24) is 10.2 Å². The molecule has 1 saturated heterocycles. The fourth-order valence-corrected chi connectivity index (χ4v) is 3.66. The van der Waals surface area contributed by atoms with Gasteiger partial charge in [-0.3, -0.25) is 9.69 Å². The Bertz CT molecular complexity index is 751. The Morgan fingerprint density at radius 2 is 2.03 bits per heavy atom. The third kappa shape index (κ3) is 5.16. The fourth-order valence-electron chi connectivity index (χ4n) is 3.66. The van der Waals surface area contributed by atoms with Crippen LogP contribution in [-0.2, 0) is 25.5 Å². The Labute approximate surface area is 171 Å². The number of fused-ring (bicyclic) bond motifs is 1. The first-order valence-corrected chi connectivity index (χ1v) is 10.1. The zero-order valence-electron chi connectivity index (χ0n) is 17.3. The Hall–Kier alpha value is -1.94. The maximum absolute atomic E-state index is 12.8. The van der Waals surface area contributed by atoms with Crippen molar-refractivity contribution in [3.8, 4) is 0 Å². The molecule has 0 aromatic heterocycles. The average Bonchev–Trinajstić information content (AvgIpc) is 3.08. The van der Waals surface area contributed by atoms with Crippen molar-refractivity contribution in [3.05, 3.63) is 28.8 Å². The summed E-state index contributed by atoms with van der Waals surface area (Å²) in [4.78, 5) is 27.6. The van der Waals surface area contributed by atoms with Crippen LogP contribution in [0.3, 0.4) is 0 Å². The van der Waals surface area contributed by atoms with Crippen LogP contribution in [0.2, 0.25) is 0 Å². The van der Waals surface area contributed by atoms with E-state index in [0.717, 1.165) is 18.7 Å². The third-order valence-electron chi connectivity index (χ3n) is 5.46. The Morgan fingerprint density at radius 1 is 1.31 bits per heavy atom. The molecule has 3 rings (SSSR count). The van der Waals surface area contributed by atoms with Gasteiger partial charge in [-0.05, 0) is 35.5 Å². The van der Waals surface area contributed by atoms with Gasteiger partial charge in [-0.25, -0.2) is 4.79 Å². The Kier molecular flexibility index (Phi) is 7.29. The minimum Gasteiger partial charge on any atom is -0.463 e. The highest BCUT2D eigenvalue weighted by molar-refractivity contribution is 6.62. The number of hydrogen-bond acceptors (Lipinski definition) is 7. The summed E-state index contributed by atoms with van der Waals surface area (Å²) in [6.07, 6.45) is 0. The first-order chi connectivity index (χ1) is 13.9. The second-order valence-corrected chi connectivity index (χ2v) is 7.79. The maximum atomic E-state index is 12.8. The van der Waals surface area contributed by atoms with Crippen molar-refractivity contribution < 1.29 is 28.7 Å². The molecule has 1 aromatic carbocycles. The fraction of sp³-hybridized carbons (Fsp3) is 0.600. The number of ether oxygens (including phenoxy) is 2. The van der Waals surface area contributed by atoms with Crippen molar-refractivity contribution in [2.45, 2.75) is 33.4 Å². The molecular formula is C20H29BN2O6. The molecule has 0 unspecified atom stereocenters. The number of carbonyl (C=O) groups is 2. The number of nitrogens with one attached hydrogen (secondary N) is 1. The van der Waals surface area contributed by atoms with E-state index in [2.05, 4.69) is 10.2 Å². The molecule has 29 heavy (non-hydrogen) atoms. The topological polar surface area (TPSA) is 97.3 Å². The molecule has 9 heteroatoms. The zero-order chi connectivity index (χ0) is 21.0. The number of rotatable bonds is 7. The van der Waals surface area contributed by atoms with Gasteiger partial charge in [0.25, 0.3) is 5.91 Å². The largest absolute Gasteiger partial charge is 0.492 e. The summed E-state index contributed by atoms with van der Waals surface area (Å²) in [6.45, 7) is 9.79. The Balaban J connectivity index is 1.60. The van der Waals surface area contributed by atoms with Gasteiger partial charge < -0.3 is 24.5 Å². The molecule has 2 aliphatic rings. The molecule has 0 aliphatic carbocycles. The quantitative estimate of drug-likeness (QED) is 0.482. The number of carbonyl (C=O) groups excluding carboxylic acids is 2. The van der Waals surface area contributed by atoms with E-state index in [-0.39, 0.29) is 18.4 Å². The van der Waals surface area contributed by atoms with Crippen LogP contribution >= 0.6 is 0 Å². The summed E-state index contributed by atoms with van der Waals surface area (Å²) in [7, 11) is -1.02. The third-order valence-corrected chi connectivity index (χ3v) is 5.46. The lowest BCUT2D eigenvalue weighted by Gasteiger charge is -2.27. The van der Waals surface area contributed by atoms with Crippen LogP contribution in [0.15, 0.2) is 12.1 Å². The van der Waals surface area contributed by atoms with E-state index >= 15 is 0 Å². The minimum atomic E-state index is -1.02. The summed E-state index contributed by atoms with van der Waals surface area (Å²) in [5.74, 6) is -0.935. The zero-order valence-corrected chi connectivity index (χ0v) is 17.3. The van der Waals surface area contributed by atoms with Gasteiger partial charge in [0, 0.05) is 25.2 Å². The minimum absolute atomic E-state index is 0.126. The molecular weight excluding hydrogens is 375 g/mol. The van der Waals surface area contributed by atoms with Crippen LogP contribution in [0.5, 0.6) is 0 Å². The van der Waals surface area contributed by atoms with Crippen molar-refractivity contribution in [2.24, 2.45) is 5.92 Å². The van der Waals surface area contributed by atoms with Gasteiger partial charge in [0.1, 0.15) is 12.6 Å². The van der Waals surface area contributed by atoms with Crippen LogP contribution in [-0.4, -0.2) is 74.4 Å². The van der Waals surface area contributed by atoms with Gasteiger partial charge >= 0.3 is 13.1 Å². The normalized spacial score (nSPS) is 17.9. The molecule has 1 atom stereocenters. The van der Waals surface area contributed by atoms with Crippen molar-refractivity contribution in [3.63, 3.8) is 0 Å². The molecule has 0 saturated carbocycles. The standard InChI is InChI=1S/C20H29BN2O6/c1-13(2)18(20(25)28-11-8-23-6-9-27-10-7-23)22-19(24)16-5-4-15-12-29-21(26)17(15)14(16)3/h4-5,13,18,26H,6-12H2,1-3H3,(H,22,24)/t18-/m0/s1. The van der Waals surface area contributed by atoms with Crippen LogP contribution in [0.1, 0.15) is 35.3 Å². The average molecular weight is 404 g/mol. The van der Waals surface area contributed by atoms with E-state index < -0.39 is 19.1 Å². The number of esters is 1. The van der Waals surface area contributed by atoms with Crippen LogP contribution in [0, 0.1) is 12.8 Å². The molecule has 2 heterocycles. The van der Waals surface area contributed by atoms with E-state index in [9.17, 15) is 14.6 Å². The Morgan fingerprint density at radius 3 is 2.72 bits per heavy atom. The first-order valence-electron chi connectivity index (χ1n) is 10.1. The maximum Gasteiger partial charge on any atom is 0.492 e. The van der Waals surface area contributed by atoms with E-state index in [1.165, 1.54) is 0 Å². The van der Waals surface area contributed by atoms with Crippen LogP contribution in [0.25, 0.3) is 0 Å². The summed E-state index contributed by atoms with van der Waals surface area (Å²) in [5, 5.41) is 12.8. The summed E-state index contributed by atoms with van der Waals surface area (Å²) < 4.78 is 16.0. The predicted octanol–water partition coefficient (Wildman–Crippen LogP) is -0.157. The summed E-state index contributed by atoms with van der Waals surface area (Å²) in [6, 6.07) is 2.73. The SMILES string of the molecule is Cc1c(C(=O)N[C@H](C(=O)OCCN2CCOCC2)C(C)C)ccc2c1B(O)OC2. The monoisotopic (exact) mass is 404 g/mol. The van der Waals surface area contributed by atoms with Crippen molar-refractivity contribution >= 4 is 24.5 Å². The smallest absolute Gasteiger partial charge is 0.463 e. The van der Waals surface area contributed by atoms with Crippen molar-refractivity contribution in [2.75, 3.05) is 39.5 Å². The lowest BCUT2D eigenvalue weighted by molar-refractivity contribution is -0.147. The van der Waals surface area contributed by atoms with Crippen molar-refractivity contribution in [1.29, 1.82) is 0 Å². The molecule has 1 fully saturated rings. The predicted molar refractivity (Wildman–Crippen MR) is 108 cm³/mol. The lowest BCUT2D eigenvalue weighted by atomic mass is 9.75.